The summed E-state index contributed by atoms with van der Waals surface area (Å²) in [6.45, 7) is 12.9. The SMILES string of the molecule is Cc1cnc(NC2=CC=C(OCCN3CCCC3)CC2)nc1Nc1cccc(C(C)(C)C)c1. The third kappa shape index (κ3) is 6.57. The van der Waals surface area contributed by atoms with Crippen molar-refractivity contribution in [1.29, 1.82) is 0 Å². The molecular formula is C27H37N5O. The molecule has 1 aliphatic heterocycles. The van der Waals surface area contributed by atoms with E-state index in [1.807, 2.05) is 13.1 Å². The van der Waals surface area contributed by atoms with Crippen molar-refractivity contribution in [3.05, 3.63) is 65.2 Å². The van der Waals surface area contributed by atoms with Crippen LogP contribution in [0.4, 0.5) is 17.5 Å². The zero-order chi connectivity index (χ0) is 23.3. The average molecular weight is 448 g/mol. The Morgan fingerprint density at radius 1 is 1.06 bits per heavy atom. The van der Waals surface area contributed by atoms with Crippen molar-refractivity contribution in [2.45, 2.75) is 58.8 Å². The van der Waals surface area contributed by atoms with E-state index in [0.717, 1.165) is 54.5 Å². The lowest BCUT2D eigenvalue weighted by molar-refractivity contribution is 0.164. The third-order valence-electron chi connectivity index (χ3n) is 6.24. The summed E-state index contributed by atoms with van der Waals surface area (Å²) in [5, 5.41) is 6.85. The molecule has 1 aromatic heterocycles. The fourth-order valence-electron chi connectivity index (χ4n) is 4.13. The molecule has 1 fully saturated rings. The fourth-order valence-corrected chi connectivity index (χ4v) is 4.13. The van der Waals surface area contributed by atoms with E-state index in [1.54, 1.807) is 0 Å². The number of allylic oxidation sites excluding steroid dienone is 4. The molecule has 0 saturated carbocycles. The lowest BCUT2D eigenvalue weighted by Gasteiger charge is -2.20. The number of aromatic nitrogens is 2. The summed E-state index contributed by atoms with van der Waals surface area (Å²) >= 11 is 0. The van der Waals surface area contributed by atoms with Crippen molar-refractivity contribution in [2.75, 3.05) is 36.9 Å². The van der Waals surface area contributed by atoms with Gasteiger partial charge in [-0.1, -0.05) is 32.9 Å². The smallest absolute Gasteiger partial charge is 0.228 e. The molecular weight excluding hydrogens is 410 g/mol. The number of ether oxygens (including phenoxy) is 1. The standard InChI is InChI=1S/C27H37N5O/c1-20-19-28-26(31-25(20)29-23-9-7-8-21(18-23)27(2,3)4)30-22-10-12-24(13-11-22)33-17-16-32-14-5-6-15-32/h7-10,12,18-19H,5-6,11,13-17H2,1-4H3,(H2,28,29,30,31). The largest absolute Gasteiger partial charge is 0.497 e. The monoisotopic (exact) mass is 447 g/mol. The minimum atomic E-state index is 0.100. The van der Waals surface area contributed by atoms with E-state index in [-0.39, 0.29) is 5.41 Å². The minimum absolute atomic E-state index is 0.100. The van der Waals surface area contributed by atoms with Gasteiger partial charge in [0.25, 0.3) is 0 Å². The van der Waals surface area contributed by atoms with Crippen LogP contribution in [0.25, 0.3) is 0 Å². The van der Waals surface area contributed by atoms with Crippen molar-refractivity contribution in [1.82, 2.24) is 14.9 Å². The van der Waals surface area contributed by atoms with Crippen molar-refractivity contribution >= 4 is 17.5 Å². The van der Waals surface area contributed by atoms with E-state index < -0.39 is 0 Å². The van der Waals surface area contributed by atoms with Crippen LogP contribution in [-0.4, -0.2) is 41.1 Å². The Morgan fingerprint density at radius 3 is 2.61 bits per heavy atom. The number of hydrogen-bond acceptors (Lipinski definition) is 6. The topological polar surface area (TPSA) is 62.3 Å². The van der Waals surface area contributed by atoms with Gasteiger partial charge in [0.2, 0.25) is 5.95 Å². The maximum Gasteiger partial charge on any atom is 0.228 e. The second-order valence-corrected chi connectivity index (χ2v) is 10.0. The Balaban J connectivity index is 1.36. The highest BCUT2D eigenvalue weighted by atomic mass is 16.5. The van der Waals surface area contributed by atoms with Crippen LogP contribution in [0.3, 0.4) is 0 Å². The first-order valence-electron chi connectivity index (χ1n) is 12.1. The quantitative estimate of drug-likeness (QED) is 0.524. The van der Waals surface area contributed by atoms with Gasteiger partial charge in [-0.15, -0.1) is 0 Å². The number of nitrogens with zero attached hydrogens (tertiary/aromatic N) is 3. The fraction of sp³-hybridized carbons (Fsp3) is 0.481. The predicted octanol–water partition coefficient (Wildman–Crippen LogP) is 5.91. The number of anilines is 3. The Morgan fingerprint density at radius 2 is 1.88 bits per heavy atom. The molecule has 0 unspecified atom stereocenters. The van der Waals surface area contributed by atoms with Crippen molar-refractivity contribution in [3.8, 4) is 0 Å². The normalized spacial score (nSPS) is 16.8. The first-order chi connectivity index (χ1) is 15.9. The molecule has 6 heteroatoms. The van der Waals surface area contributed by atoms with E-state index in [1.165, 1.54) is 31.5 Å². The Labute approximate surface area is 198 Å². The zero-order valence-corrected chi connectivity index (χ0v) is 20.4. The molecule has 2 N–H and O–H groups in total. The van der Waals surface area contributed by atoms with E-state index in [4.69, 9.17) is 9.72 Å². The van der Waals surface area contributed by atoms with Gasteiger partial charge in [0.05, 0.1) is 5.76 Å². The van der Waals surface area contributed by atoms with Crippen LogP contribution >= 0.6 is 0 Å². The van der Waals surface area contributed by atoms with Crippen LogP contribution < -0.4 is 10.6 Å². The Kier molecular flexibility index (Phi) is 7.33. The second kappa shape index (κ2) is 10.4. The van der Waals surface area contributed by atoms with Crippen molar-refractivity contribution in [2.24, 2.45) is 0 Å². The number of nitrogens with one attached hydrogen (secondary N) is 2. The molecule has 4 rings (SSSR count). The van der Waals surface area contributed by atoms with Crippen LogP contribution in [-0.2, 0) is 10.2 Å². The molecule has 176 valence electrons. The van der Waals surface area contributed by atoms with Gasteiger partial charge in [0, 0.05) is 36.1 Å². The van der Waals surface area contributed by atoms with Crippen LogP contribution in [0.5, 0.6) is 0 Å². The van der Waals surface area contributed by atoms with Gasteiger partial charge in [0.15, 0.2) is 0 Å². The number of aryl methyl sites for hydroxylation is 1. The molecule has 1 saturated heterocycles. The van der Waals surface area contributed by atoms with Crippen LogP contribution in [0, 0.1) is 6.92 Å². The van der Waals surface area contributed by atoms with Gasteiger partial charge in [-0.2, -0.15) is 4.98 Å². The van der Waals surface area contributed by atoms with Gasteiger partial charge in [-0.05, 0) is 74.5 Å². The number of hydrogen-bond donors (Lipinski definition) is 2. The zero-order valence-electron chi connectivity index (χ0n) is 20.4. The molecule has 2 aromatic rings. The molecule has 2 aliphatic rings. The number of benzene rings is 1. The summed E-state index contributed by atoms with van der Waals surface area (Å²) in [6, 6.07) is 8.51. The van der Waals surface area contributed by atoms with Gasteiger partial charge in [-0.3, -0.25) is 4.90 Å². The first-order valence-corrected chi connectivity index (χ1v) is 12.1. The summed E-state index contributed by atoms with van der Waals surface area (Å²) in [6.07, 6.45) is 10.4. The predicted molar refractivity (Wildman–Crippen MR) is 136 cm³/mol. The highest BCUT2D eigenvalue weighted by Gasteiger charge is 2.15. The van der Waals surface area contributed by atoms with Crippen LogP contribution in [0.2, 0.25) is 0 Å². The lowest BCUT2D eigenvalue weighted by Crippen LogP contribution is -2.24. The number of likely N-dealkylation sites (tertiary alicyclic amines) is 1. The summed E-state index contributed by atoms with van der Waals surface area (Å²) in [5.41, 5.74) is 4.53. The highest BCUT2D eigenvalue weighted by Crippen LogP contribution is 2.27. The van der Waals surface area contributed by atoms with Gasteiger partial charge in [0.1, 0.15) is 12.4 Å². The molecule has 0 bridgehead atoms. The van der Waals surface area contributed by atoms with Gasteiger partial charge >= 0.3 is 0 Å². The molecule has 1 aromatic carbocycles. The van der Waals surface area contributed by atoms with Crippen LogP contribution in [0.1, 0.15) is 57.6 Å². The lowest BCUT2D eigenvalue weighted by atomic mass is 9.87. The molecule has 0 radical (unpaired) electrons. The van der Waals surface area contributed by atoms with E-state index in [9.17, 15) is 0 Å². The maximum atomic E-state index is 5.98. The number of rotatable bonds is 8. The van der Waals surface area contributed by atoms with E-state index in [0.29, 0.717) is 5.95 Å². The van der Waals surface area contributed by atoms with Crippen molar-refractivity contribution < 1.29 is 4.74 Å². The molecule has 0 spiro atoms. The summed E-state index contributed by atoms with van der Waals surface area (Å²) in [5.74, 6) is 2.48. The van der Waals surface area contributed by atoms with Gasteiger partial charge < -0.3 is 15.4 Å². The van der Waals surface area contributed by atoms with Crippen molar-refractivity contribution in [3.63, 3.8) is 0 Å². The second-order valence-electron chi connectivity index (χ2n) is 10.0. The highest BCUT2D eigenvalue weighted by molar-refractivity contribution is 5.61. The van der Waals surface area contributed by atoms with Gasteiger partial charge in [-0.25, -0.2) is 4.98 Å². The maximum absolute atomic E-state index is 5.98. The molecule has 2 heterocycles. The van der Waals surface area contributed by atoms with E-state index in [2.05, 4.69) is 77.7 Å². The van der Waals surface area contributed by atoms with E-state index >= 15 is 0 Å². The molecule has 33 heavy (non-hydrogen) atoms. The summed E-state index contributed by atoms with van der Waals surface area (Å²) < 4.78 is 5.98. The Bertz CT molecular complexity index is 1020. The molecule has 6 nitrogen and oxygen atoms in total. The van der Waals surface area contributed by atoms with Crippen LogP contribution in [0.15, 0.2) is 54.1 Å². The molecule has 0 amide bonds. The third-order valence-corrected chi connectivity index (χ3v) is 6.24. The Hall–Kier alpha value is -2.86. The summed E-state index contributed by atoms with van der Waals surface area (Å²) in [7, 11) is 0. The summed E-state index contributed by atoms with van der Waals surface area (Å²) in [4.78, 5) is 11.7. The average Bonchev–Trinajstić information content (AvgIpc) is 3.30. The molecule has 0 atom stereocenters. The molecule has 1 aliphatic carbocycles. The minimum Gasteiger partial charge on any atom is -0.497 e. The first kappa shape index (κ1) is 23.3.